The van der Waals surface area contributed by atoms with Crippen LogP contribution in [-0.2, 0) is 6.42 Å². The predicted octanol–water partition coefficient (Wildman–Crippen LogP) is 4.50. The molecule has 0 N–H and O–H groups in total. The van der Waals surface area contributed by atoms with Gasteiger partial charge in [0.25, 0.3) is 0 Å². The van der Waals surface area contributed by atoms with E-state index >= 15 is 0 Å². The number of rotatable bonds is 2. The van der Waals surface area contributed by atoms with Crippen LogP contribution in [0.1, 0.15) is 25.6 Å². The van der Waals surface area contributed by atoms with Crippen LogP contribution in [0.25, 0.3) is 10.1 Å². The molecule has 0 saturated carbocycles. The SMILES string of the molecule is CC.CCc1cc2c(OC)cccc2s1. The molecule has 15 heavy (non-hydrogen) atoms. The molecule has 0 aliphatic carbocycles. The summed E-state index contributed by atoms with van der Waals surface area (Å²) in [5.74, 6) is 0.980. The molecule has 1 aromatic heterocycles. The van der Waals surface area contributed by atoms with Gasteiger partial charge >= 0.3 is 0 Å². The Hall–Kier alpha value is -1.02. The lowest BCUT2D eigenvalue weighted by molar-refractivity contribution is 0.420. The van der Waals surface area contributed by atoms with Crippen LogP contribution in [0.4, 0.5) is 0 Å². The van der Waals surface area contributed by atoms with Crippen LogP contribution in [0.3, 0.4) is 0 Å². The average molecular weight is 222 g/mol. The van der Waals surface area contributed by atoms with Crippen LogP contribution < -0.4 is 4.74 Å². The van der Waals surface area contributed by atoms with Gasteiger partial charge in [0.2, 0.25) is 0 Å². The first-order chi connectivity index (χ1) is 7.35. The molecule has 0 bridgehead atoms. The van der Waals surface area contributed by atoms with Crippen molar-refractivity contribution < 1.29 is 4.74 Å². The van der Waals surface area contributed by atoms with Crippen molar-refractivity contribution in [2.45, 2.75) is 27.2 Å². The number of thiophene rings is 1. The monoisotopic (exact) mass is 222 g/mol. The molecule has 0 aliphatic rings. The van der Waals surface area contributed by atoms with Gasteiger partial charge in [0.05, 0.1) is 7.11 Å². The fourth-order valence-electron chi connectivity index (χ4n) is 1.44. The zero-order valence-electron chi connectivity index (χ0n) is 9.83. The highest BCUT2D eigenvalue weighted by molar-refractivity contribution is 7.19. The van der Waals surface area contributed by atoms with Gasteiger partial charge in [0.15, 0.2) is 0 Å². The van der Waals surface area contributed by atoms with Gasteiger partial charge in [-0.05, 0) is 24.6 Å². The lowest BCUT2D eigenvalue weighted by atomic mass is 10.2. The molecule has 0 aliphatic heterocycles. The topological polar surface area (TPSA) is 9.23 Å². The van der Waals surface area contributed by atoms with E-state index in [0.717, 1.165) is 12.2 Å². The molecule has 0 fully saturated rings. The van der Waals surface area contributed by atoms with Crippen molar-refractivity contribution in [1.82, 2.24) is 0 Å². The molecule has 0 saturated heterocycles. The maximum Gasteiger partial charge on any atom is 0.127 e. The first kappa shape index (κ1) is 12.1. The quantitative estimate of drug-likeness (QED) is 0.727. The number of methoxy groups -OCH3 is 1. The van der Waals surface area contributed by atoms with Crippen LogP contribution in [0.2, 0.25) is 0 Å². The van der Waals surface area contributed by atoms with Gasteiger partial charge < -0.3 is 4.74 Å². The number of benzene rings is 1. The van der Waals surface area contributed by atoms with Crippen molar-refractivity contribution in [3.8, 4) is 5.75 Å². The highest BCUT2D eigenvalue weighted by Crippen LogP contribution is 2.32. The summed E-state index contributed by atoms with van der Waals surface area (Å²) in [6.07, 6.45) is 1.10. The van der Waals surface area contributed by atoms with Gasteiger partial charge in [0, 0.05) is 15.0 Å². The molecule has 0 atom stereocenters. The second-order valence-electron chi connectivity index (χ2n) is 2.94. The van der Waals surface area contributed by atoms with E-state index in [4.69, 9.17) is 4.74 Å². The lowest BCUT2D eigenvalue weighted by Crippen LogP contribution is -1.81. The summed E-state index contributed by atoms with van der Waals surface area (Å²) in [5, 5.41) is 1.24. The van der Waals surface area contributed by atoms with E-state index in [1.54, 1.807) is 7.11 Å². The second-order valence-corrected chi connectivity index (χ2v) is 4.11. The molecule has 0 spiro atoms. The minimum Gasteiger partial charge on any atom is -0.496 e. The third-order valence-corrected chi connectivity index (χ3v) is 3.39. The molecule has 2 heteroatoms. The van der Waals surface area contributed by atoms with Crippen LogP contribution >= 0.6 is 11.3 Å². The molecule has 1 heterocycles. The molecule has 1 aromatic carbocycles. The fraction of sp³-hybridized carbons (Fsp3) is 0.385. The van der Waals surface area contributed by atoms with E-state index in [1.807, 2.05) is 37.3 Å². The first-order valence-corrected chi connectivity index (χ1v) is 6.22. The summed E-state index contributed by atoms with van der Waals surface area (Å²) in [7, 11) is 1.72. The smallest absolute Gasteiger partial charge is 0.127 e. The Morgan fingerprint density at radius 3 is 2.60 bits per heavy atom. The Morgan fingerprint density at radius 2 is 2.00 bits per heavy atom. The molecule has 0 radical (unpaired) electrons. The Morgan fingerprint density at radius 1 is 1.27 bits per heavy atom. The summed E-state index contributed by atoms with van der Waals surface area (Å²) in [5.41, 5.74) is 0. The zero-order valence-corrected chi connectivity index (χ0v) is 10.6. The van der Waals surface area contributed by atoms with Gasteiger partial charge in [-0.15, -0.1) is 11.3 Å². The van der Waals surface area contributed by atoms with E-state index in [1.165, 1.54) is 15.0 Å². The molecular formula is C13H18OS. The maximum absolute atomic E-state index is 5.29. The Kier molecular flexibility index (Phi) is 4.63. The molecular weight excluding hydrogens is 204 g/mol. The van der Waals surface area contributed by atoms with Crippen LogP contribution in [-0.4, -0.2) is 7.11 Å². The summed E-state index contributed by atoms with van der Waals surface area (Å²) in [6, 6.07) is 8.41. The Bertz CT molecular complexity index is 417. The van der Waals surface area contributed by atoms with Crippen LogP contribution in [0.15, 0.2) is 24.3 Å². The van der Waals surface area contributed by atoms with Gasteiger partial charge in [0.1, 0.15) is 5.75 Å². The van der Waals surface area contributed by atoms with E-state index in [-0.39, 0.29) is 0 Å². The van der Waals surface area contributed by atoms with E-state index < -0.39 is 0 Å². The molecule has 2 rings (SSSR count). The van der Waals surface area contributed by atoms with Crippen molar-refractivity contribution in [1.29, 1.82) is 0 Å². The Labute approximate surface area is 95.7 Å². The summed E-state index contributed by atoms with van der Waals surface area (Å²) < 4.78 is 6.61. The standard InChI is InChI=1S/C11H12OS.C2H6/c1-3-8-7-9-10(12-2)5-4-6-11(9)13-8;1-2/h4-7H,3H2,1-2H3;1-2H3. The molecule has 82 valence electrons. The second kappa shape index (κ2) is 5.76. The lowest BCUT2D eigenvalue weighted by Gasteiger charge is -1.99. The number of ether oxygens (including phenoxy) is 1. The summed E-state index contributed by atoms with van der Waals surface area (Å²) in [4.78, 5) is 1.42. The van der Waals surface area contributed by atoms with Gasteiger partial charge in [-0.3, -0.25) is 0 Å². The van der Waals surface area contributed by atoms with E-state index in [9.17, 15) is 0 Å². The van der Waals surface area contributed by atoms with Gasteiger partial charge in [-0.1, -0.05) is 26.8 Å². The predicted molar refractivity (Wildman–Crippen MR) is 69.1 cm³/mol. The summed E-state index contributed by atoms with van der Waals surface area (Å²) >= 11 is 1.85. The van der Waals surface area contributed by atoms with Crippen molar-refractivity contribution in [2.75, 3.05) is 7.11 Å². The zero-order chi connectivity index (χ0) is 11.3. The third-order valence-electron chi connectivity index (χ3n) is 2.14. The minimum absolute atomic E-state index is 0.980. The number of hydrogen-bond acceptors (Lipinski definition) is 2. The van der Waals surface area contributed by atoms with Crippen LogP contribution in [0.5, 0.6) is 5.75 Å². The highest BCUT2D eigenvalue weighted by Gasteiger charge is 2.04. The molecule has 0 amide bonds. The van der Waals surface area contributed by atoms with Crippen molar-refractivity contribution in [3.63, 3.8) is 0 Å². The van der Waals surface area contributed by atoms with E-state index in [2.05, 4.69) is 19.1 Å². The highest BCUT2D eigenvalue weighted by atomic mass is 32.1. The normalized spacial score (nSPS) is 9.60. The van der Waals surface area contributed by atoms with E-state index in [0.29, 0.717) is 0 Å². The number of hydrogen-bond donors (Lipinski definition) is 0. The largest absolute Gasteiger partial charge is 0.496 e. The van der Waals surface area contributed by atoms with Crippen molar-refractivity contribution >= 4 is 21.4 Å². The first-order valence-electron chi connectivity index (χ1n) is 5.40. The summed E-state index contributed by atoms with van der Waals surface area (Å²) in [6.45, 7) is 6.18. The minimum atomic E-state index is 0.980. The molecule has 0 unspecified atom stereocenters. The van der Waals surface area contributed by atoms with Crippen molar-refractivity contribution in [2.24, 2.45) is 0 Å². The fourth-order valence-corrected chi connectivity index (χ4v) is 2.46. The van der Waals surface area contributed by atoms with Crippen molar-refractivity contribution in [3.05, 3.63) is 29.1 Å². The average Bonchev–Trinajstić information content (AvgIpc) is 2.74. The van der Waals surface area contributed by atoms with Crippen LogP contribution in [0, 0.1) is 0 Å². The maximum atomic E-state index is 5.29. The van der Waals surface area contributed by atoms with Gasteiger partial charge in [-0.2, -0.15) is 0 Å². The molecule has 1 nitrogen and oxygen atoms in total. The van der Waals surface area contributed by atoms with Gasteiger partial charge in [-0.25, -0.2) is 0 Å². The number of fused-ring (bicyclic) bond motifs is 1. The number of aryl methyl sites for hydroxylation is 1. The molecule has 2 aromatic rings. The third kappa shape index (κ3) is 2.51. The Balaban J connectivity index is 0.000000531.